The molecule has 0 radical (unpaired) electrons. The minimum Gasteiger partial charge on any atom is -0.380 e. The summed E-state index contributed by atoms with van der Waals surface area (Å²) in [4.78, 5) is 1.36. The molecule has 13 heavy (non-hydrogen) atoms. The third kappa shape index (κ3) is 3.46. The quantitative estimate of drug-likeness (QED) is 0.760. The van der Waals surface area contributed by atoms with E-state index in [0.717, 1.165) is 19.8 Å². The van der Waals surface area contributed by atoms with E-state index < -0.39 is 0 Å². The Labute approximate surface area is 83.9 Å². The molecule has 0 aliphatic heterocycles. The molecule has 1 N–H and O–H groups in total. The summed E-state index contributed by atoms with van der Waals surface area (Å²) in [6.07, 6.45) is 0. The molecule has 0 aliphatic carbocycles. The maximum Gasteiger partial charge on any atom is 0.0669 e. The second-order valence-electron chi connectivity index (χ2n) is 2.79. The second kappa shape index (κ2) is 6.13. The number of thiophene rings is 1. The third-order valence-electron chi connectivity index (χ3n) is 1.83. The lowest BCUT2D eigenvalue weighted by Gasteiger charge is -2.15. The molecular formula is C10H17NOS. The van der Waals surface area contributed by atoms with Gasteiger partial charge >= 0.3 is 0 Å². The smallest absolute Gasteiger partial charge is 0.0669 e. The van der Waals surface area contributed by atoms with Crippen molar-refractivity contribution in [3.05, 3.63) is 22.4 Å². The summed E-state index contributed by atoms with van der Waals surface area (Å²) in [5.41, 5.74) is 0. The zero-order valence-electron chi connectivity index (χ0n) is 8.25. The van der Waals surface area contributed by atoms with Crippen LogP contribution in [0.2, 0.25) is 0 Å². The zero-order chi connectivity index (χ0) is 9.52. The fourth-order valence-corrected chi connectivity index (χ4v) is 2.00. The van der Waals surface area contributed by atoms with Crippen molar-refractivity contribution in [2.24, 2.45) is 0 Å². The minimum absolute atomic E-state index is 0.366. The maximum atomic E-state index is 5.42. The largest absolute Gasteiger partial charge is 0.380 e. The third-order valence-corrected chi connectivity index (χ3v) is 2.81. The van der Waals surface area contributed by atoms with Crippen LogP contribution in [-0.4, -0.2) is 19.8 Å². The Morgan fingerprint density at radius 1 is 1.54 bits per heavy atom. The van der Waals surface area contributed by atoms with Gasteiger partial charge in [0.15, 0.2) is 0 Å². The lowest BCUT2D eigenvalue weighted by atomic mass is 10.2. The van der Waals surface area contributed by atoms with Gasteiger partial charge in [0.1, 0.15) is 0 Å². The summed E-state index contributed by atoms with van der Waals surface area (Å²) in [6.45, 7) is 6.68. The SMILES string of the molecule is CCNC(COCC)c1cccs1. The number of rotatable bonds is 6. The van der Waals surface area contributed by atoms with Crippen molar-refractivity contribution >= 4 is 11.3 Å². The second-order valence-corrected chi connectivity index (χ2v) is 3.76. The van der Waals surface area contributed by atoms with Crippen molar-refractivity contribution in [1.29, 1.82) is 0 Å². The first-order valence-corrected chi connectivity index (χ1v) is 5.61. The Morgan fingerprint density at radius 3 is 2.92 bits per heavy atom. The van der Waals surface area contributed by atoms with Crippen molar-refractivity contribution in [3.8, 4) is 0 Å². The van der Waals surface area contributed by atoms with Gasteiger partial charge < -0.3 is 10.1 Å². The molecule has 1 heterocycles. The normalized spacial score (nSPS) is 13.1. The highest BCUT2D eigenvalue weighted by atomic mass is 32.1. The van der Waals surface area contributed by atoms with E-state index in [-0.39, 0.29) is 0 Å². The summed E-state index contributed by atoms with van der Waals surface area (Å²) < 4.78 is 5.42. The summed E-state index contributed by atoms with van der Waals surface area (Å²) in [5.74, 6) is 0. The number of nitrogens with one attached hydrogen (secondary N) is 1. The first-order chi connectivity index (χ1) is 6.38. The Balaban J connectivity index is 2.47. The van der Waals surface area contributed by atoms with E-state index in [1.165, 1.54) is 4.88 Å². The molecule has 1 aromatic heterocycles. The van der Waals surface area contributed by atoms with E-state index in [4.69, 9.17) is 4.74 Å². The number of ether oxygens (including phenoxy) is 1. The standard InChI is InChI=1S/C10H17NOS/c1-3-11-9(8-12-4-2)10-6-5-7-13-10/h5-7,9,11H,3-4,8H2,1-2H3. The first kappa shape index (κ1) is 10.7. The van der Waals surface area contributed by atoms with Gasteiger partial charge in [0.05, 0.1) is 12.6 Å². The molecule has 0 aromatic carbocycles. The van der Waals surface area contributed by atoms with Crippen molar-refractivity contribution in [2.75, 3.05) is 19.8 Å². The maximum absolute atomic E-state index is 5.42. The molecule has 0 spiro atoms. The number of hydrogen-bond acceptors (Lipinski definition) is 3. The van der Waals surface area contributed by atoms with Crippen LogP contribution in [0.5, 0.6) is 0 Å². The summed E-state index contributed by atoms with van der Waals surface area (Å²) in [6, 6.07) is 4.60. The van der Waals surface area contributed by atoms with Crippen molar-refractivity contribution in [2.45, 2.75) is 19.9 Å². The van der Waals surface area contributed by atoms with Crippen molar-refractivity contribution in [3.63, 3.8) is 0 Å². The number of likely N-dealkylation sites (N-methyl/N-ethyl adjacent to an activating group) is 1. The number of hydrogen-bond donors (Lipinski definition) is 1. The molecule has 1 atom stereocenters. The Kier molecular flexibility index (Phi) is 5.05. The monoisotopic (exact) mass is 199 g/mol. The highest BCUT2D eigenvalue weighted by Crippen LogP contribution is 2.18. The molecule has 74 valence electrons. The van der Waals surface area contributed by atoms with Gasteiger partial charge in [-0.1, -0.05) is 13.0 Å². The van der Waals surface area contributed by atoms with Gasteiger partial charge in [-0.2, -0.15) is 0 Å². The van der Waals surface area contributed by atoms with E-state index in [1.807, 2.05) is 6.92 Å². The molecule has 0 fully saturated rings. The van der Waals surface area contributed by atoms with Crippen LogP contribution in [0.3, 0.4) is 0 Å². The van der Waals surface area contributed by atoms with Gasteiger partial charge in [-0.15, -0.1) is 11.3 Å². The molecule has 3 heteroatoms. The molecule has 0 saturated heterocycles. The molecule has 0 amide bonds. The van der Waals surface area contributed by atoms with Crippen molar-refractivity contribution < 1.29 is 4.74 Å². The Bertz CT molecular complexity index is 211. The highest BCUT2D eigenvalue weighted by molar-refractivity contribution is 7.10. The Morgan fingerprint density at radius 2 is 2.38 bits per heavy atom. The fourth-order valence-electron chi connectivity index (χ4n) is 1.21. The van der Waals surface area contributed by atoms with Gasteiger partial charge in [-0.3, -0.25) is 0 Å². The van der Waals surface area contributed by atoms with E-state index in [9.17, 15) is 0 Å². The molecule has 1 unspecified atom stereocenters. The highest BCUT2D eigenvalue weighted by Gasteiger charge is 2.10. The van der Waals surface area contributed by atoms with E-state index in [2.05, 4.69) is 29.8 Å². The van der Waals surface area contributed by atoms with Gasteiger partial charge in [0.25, 0.3) is 0 Å². The molecule has 2 nitrogen and oxygen atoms in total. The predicted octanol–water partition coefficient (Wildman–Crippen LogP) is 2.44. The molecule has 0 saturated carbocycles. The average molecular weight is 199 g/mol. The first-order valence-electron chi connectivity index (χ1n) is 4.73. The van der Waals surface area contributed by atoms with Crippen LogP contribution in [0.15, 0.2) is 17.5 Å². The fraction of sp³-hybridized carbons (Fsp3) is 0.600. The van der Waals surface area contributed by atoms with Crippen LogP contribution in [0.4, 0.5) is 0 Å². The molecular weight excluding hydrogens is 182 g/mol. The van der Waals surface area contributed by atoms with Gasteiger partial charge in [0.2, 0.25) is 0 Å². The van der Waals surface area contributed by atoms with Crippen LogP contribution >= 0.6 is 11.3 Å². The summed E-state index contributed by atoms with van der Waals surface area (Å²) in [7, 11) is 0. The van der Waals surface area contributed by atoms with Crippen LogP contribution < -0.4 is 5.32 Å². The Hall–Kier alpha value is -0.380. The predicted molar refractivity (Wildman–Crippen MR) is 57.2 cm³/mol. The van der Waals surface area contributed by atoms with E-state index in [1.54, 1.807) is 11.3 Å². The minimum atomic E-state index is 0.366. The lowest BCUT2D eigenvalue weighted by molar-refractivity contribution is 0.124. The van der Waals surface area contributed by atoms with Crippen LogP contribution in [-0.2, 0) is 4.74 Å². The van der Waals surface area contributed by atoms with Crippen LogP contribution in [0.1, 0.15) is 24.8 Å². The van der Waals surface area contributed by atoms with Crippen LogP contribution in [0, 0.1) is 0 Å². The van der Waals surface area contributed by atoms with Crippen LogP contribution in [0.25, 0.3) is 0 Å². The summed E-state index contributed by atoms with van der Waals surface area (Å²) in [5, 5.41) is 5.51. The summed E-state index contributed by atoms with van der Waals surface area (Å²) >= 11 is 1.78. The molecule has 1 rings (SSSR count). The average Bonchev–Trinajstić information content (AvgIpc) is 2.65. The lowest BCUT2D eigenvalue weighted by Crippen LogP contribution is -2.24. The topological polar surface area (TPSA) is 21.3 Å². The van der Waals surface area contributed by atoms with Crippen molar-refractivity contribution in [1.82, 2.24) is 5.32 Å². The van der Waals surface area contributed by atoms with Gasteiger partial charge in [0, 0.05) is 11.5 Å². The molecule has 0 bridgehead atoms. The molecule has 1 aromatic rings. The van der Waals surface area contributed by atoms with Gasteiger partial charge in [-0.05, 0) is 24.9 Å². The zero-order valence-corrected chi connectivity index (χ0v) is 9.06. The van der Waals surface area contributed by atoms with Gasteiger partial charge in [-0.25, -0.2) is 0 Å². The van der Waals surface area contributed by atoms with E-state index >= 15 is 0 Å². The molecule has 0 aliphatic rings. The van der Waals surface area contributed by atoms with E-state index in [0.29, 0.717) is 6.04 Å².